The minimum absolute atomic E-state index is 0.531. The van der Waals surface area contributed by atoms with Crippen molar-refractivity contribution < 1.29 is 4.74 Å². The van der Waals surface area contributed by atoms with Gasteiger partial charge >= 0.3 is 0 Å². The van der Waals surface area contributed by atoms with Crippen molar-refractivity contribution in [3.63, 3.8) is 0 Å². The second kappa shape index (κ2) is 8.35. The van der Waals surface area contributed by atoms with E-state index >= 15 is 0 Å². The molecule has 1 aliphatic rings. The van der Waals surface area contributed by atoms with Crippen LogP contribution in [0.4, 0.5) is 0 Å². The number of hydrogen-bond acceptors (Lipinski definition) is 4. The fourth-order valence-corrected chi connectivity index (χ4v) is 2.66. The molecule has 1 fully saturated rings. The topological polar surface area (TPSA) is 37.4 Å². The Morgan fingerprint density at radius 2 is 2.24 bits per heavy atom. The van der Waals surface area contributed by atoms with Gasteiger partial charge in [-0.2, -0.15) is 0 Å². The average Bonchev–Trinajstić information content (AvgIpc) is 2.46. The molecule has 2 rings (SSSR count). The number of aromatic nitrogens is 1. The molecule has 0 saturated carbocycles. The molecule has 0 aliphatic carbocycles. The van der Waals surface area contributed by atoms with E-state index in [1.54, 1.807) is 0 Å². The van der Waals surface area contributed by atoms with E-state index in [4.69, 9.17) is 4.74 Å². The number of nitrogens with zero attached hydrogens (tertiary/aromatic N) is 2. The number of nitrogens with one attached hydrogen (secondary N) is 1. The highest BCUT2D eigenvalue weighted by atomic mass is 16.5. The number of piperidine rings is 1. The summed E-state index contributed by atoms with van der Waals surface area (Å²) >= 11 is 0. The van der Waals surface area contributed by atoms with Crippen LogP contribution in [0.25, 0.3) is 0 Å². The van der Waals surface area contributed by atoms with Gasteiger partial charge in [-0.15, -0.1) is 0 Å². The van der Waals surface area contributed by atoms with Gasteiger partial charge in [-0.05, 0) is 45.0 Å². The first-order valence-electron chi connectivity index (χ1n) is 8.15. The van der Waals surface area contributed by atoms with Crippen LogP contribution >= 0.6 is 0 Å². The SMILES string of the molecule is CC(C)CNCc1cccc(OCC2CCCCN2C)n1. The normalized spacial score (nSPS) is 19.9. The van der Waals surface area contributed by atoms with Gasteiger partial charge in [-0.25, -0.2) is 4.98 Å². The molecule has 1 saturated heterocycles. The van der Waals surface area contributed by atoms with Crippen LogP contribution in [0.15, 0.2) is 18.2 Å². The van der Waals surface area contributed by atoms with Crippen molar-refractivity contribution in [2.24, 2.45) is 5.92 Å². The number of pyridine rings is 1. The Hall–Kier alpha value is -1.13. The van der Waals surface area contributed by atoms with Gasteiger partial charge in [0, 0.05) is 18.7 Å². The summed E-state index contributed by atoms with van der Waals surface area (Å²) in [5.41, 5.74) is 1.05. The number of rotatable bonds is 7. The highest BCUT2D eigenvalue weighted by Gasteiger charge is 2.19. The maximum atomic E-state index is 5.90. The van der Waals surface area contributed by atoms with Crippen LogP contribution < -0.4 is 10.1 Å². The van der Waals surface area contributed by atoms with E-state index in [1.165, 1.54) is 25.8 Å². The first kappa shape index (κ1) is 16.2. The summed E-state index contributed by atoms with van der Waals surface area (Å²) in [5, 5.41) is 3.41. The predicted molar refractivity (Wildman–Crippen MR) is 86.5 cm³/mol. The molecule has 1 aliphatic heterocycles. The lowest BCUT2D eigenvalue weighted by Gasteiger charge is -2.31. The van der Waals surface area contributed by atoms with Gasteiger partial charge in [0.05, 0.1) is 5.69 Å². The third kappa shape index (κ3) is 5.64. The predicted octanol–water partition coefficient (Wildman–Crippen LogP) is 2.69. The summed E-state index contributed by atoms with van der Waals surface area (Å²) in [4.78, 5) is 6.98. The highest BCUT2D eigenvalue weighted by Crippen LogP contribution is 2.16. The molecule has 21 heavy (non-hydrogen) atoms. The van der Waals surface area contributed by atoms with Crippen molar-refractivity contribution >= 4 is 0 Å². The lowest BCUT2D eigenvalue weighted by atomic mass is 10.0. The van der Waals surface area contributed by atoms with E-state index in [0.717, 1.165) is 31.3 Å². The van der Waals surface area contributed by atoms with Gasteiger partial charge in [0.2, 0.25) is 5.88 Å². The molecule has 1 aromatic rings. The smallest absolute Gasteiger partial charge is 0.213 e. The maximum absolute atomic E-state index is 5.90. The van der Waals surface area contributed by atoms with E-state index in [2.05, 4.69) is 36.1 Å². The minimum atomic E-state index is 0.531. The van der Waals surface area contributed by atoms with Gasteiger partial charge < -0.3 is 15.0 Å². The van der Waals surface area contributed by atoms with Crippen LogP contribution in [0, 0.1) is 5.92 Å². The Kier molecular flexibility index (Phi) is 6.46. The molecule has 0 radical (unpaired) electrons. The zero-order valence-electron chi connectivity index (χ0n) is 13.6. The molecule has 1 unspecified atom stereocenters. The van der Waals surface area contributed by atoms with E-state index in [-0.39, 0.29) is 0 Å². The van der Waals surface area contributed by atoms with Gasteiger partial charge in [-0.1, -0.05) is 26.3 Å². The molecule has 1 aromatic heterocycles. The van der Waals surface area contributed by atoms with Gasteiger partial charge in [0.25, 0.3) is 0 Å². The van der Waals surface area contributed by atoms with E-state index in [9.17, 15) is 0 Å². The molecule has 0 amide bonds. The molecule has 1 atom stereocenters. The largest absolute Gasteiger partial charge is 0.476 e. The first-order chi connectivity index (χ1) is 10.1. The van der Waals surface area contributed by atoms with Crippen LogP contribution in [0.5, 0.6) is 5.88 Å². The molecule has 0 bridgehead atoms. The van der Waals surface area contributed by atoms with Crippen LogP contribution in [-0.2, 0) is 6.54 Å². The fourth-order valence-electron chi connectivity index (χ4n) is 2.66. The average molecular weight is 291 g/mol. The Balaban J connectivity index is 1.80. The molecule has 2 heterocycles. The molecule has 4 heteroatoms. The molecule has 0 spiro atoms. The maximum Gasteiger partial charge on any atom is 0.213 e. The molecule has 0 aromatic carbocycles. The Morgan fingerprint density at radius 3 is 3.00 bits per heavy atom. The van der Waals surface area contributed by atoms with Crippen molar-refractivity contribution in [1.29, 1.82) is 0 Å². The summed E-state index contributed by atoms with van der Waals surface area (Å²) < 4.78 is 5.90. The minimum Gasteiger partial charge on any atom is -0.476 e. The number of hydrogen-bond donors (Lipinski definition) is 1. The fraction of sp³-hybridized carbons (Fsp3) is 0.706. The van der Waals surface area contributed by atoms with E-state index < -0.39 is 0 Å². The van der Waals surface area contributed by atoms with Gasteiger partial charge in [0.15, 0.2) is 0 Å². The zero-order valence-corrected chi connectivity index (χ0v) is 13.6. The molecule has 4 nitrogen and oxygen atoms in total. The molecular formula is C17H29N3O. The lowest BCUT2D eigenvalue weighted by Crippen LogP contribution is -2.40. The van der Waals surface area contributed by atoms with Crippen molar-refractivity contribution in [3.8, 4) is 5.88 Å². The van der Waals surface area contributed by atoms with Crippen LogP contribution in [0.2, 0.25) is 0 Å². The van der Waals surface area contributed by atoms with Crippen LogP contribution in [0.3, 0.4) is 0 Å². The van der Waals surface area contributed by atoms with Crippen LogP contribution in [-0.4, -0.2) is 42.7 Å². The van der Waals surface area contributed by atoms with Gasteiger partial charge in [-0.3, -0.25) is 0 Å². The second-order valence-corrected chi connectivity index (χ2v) is 6.43. The quantitative estimate of drug-likeness (QED) is 0.838. The van der Waals surface area contributed by atoms with Crippen LogP contribution in [0.1, 0.15) is 38.8 Å². The van der Waals surface area contributed by atoms with Crippen molar-refractivity contribution in [2.45, 2.75) is 45.7 Å². The van der Waals surface area contributed by atoms with Gasteiger partial charge in [0.1, 0.15) is 6.61 Å². The van der Waals surface area contributed by atoms with Crippen molar-refractivity contribution in [3.05, 3.63) is 23.9 Å². The third-order valence-electron chi connectivity index (χ3n) is 3.99. The lowest BCUT2D eigenvalue weighted by molar-refractivity contribution is 0.122. The van der Waals surface area contributed by atoms with Crippen molar-refractivity contribution in [1.82, 2.24) is 15.2 Å². The summed E-state index contributed by atoms with van der Waals surface area (Å²) in [6.45, 7) is 8.16. The number of ether oxygens (including phenoxy) is 1. The third-order valence-corrected chi connectivity index (χ3v) is 3.99. The molecule has 1 N–H and O–H groups in total. The van der Waals surface area contributed by atoms with E-state index in [0.29, 0.717) is 12.0 Å². The summed E-state index contributed by atoms with van der Waals surface area (Å²) in [6, 6.07) is 6.56. The Morgan fingerprint density at radius 1 is 1.38 bits per heavy atom. The molecule has 118 valence electrons. The zero-order chi connectivity index (χ0) is 15.1. The number of likely N-dealkylation sites (tertiary alicyclic amines) is 1. The van der Waals surface area contributed by atoms with Crippen molar-refractivity contribution in [2.75, 3.05) is 26.7 Å². The second-order valence-electron chi connectivity index (χ2n) is 6.43. The Labute approximate surface area is 128 Å². The standard InChI is InChI=1S/C17H29N3O/c1-14(2)11-18-12-15-7-6-9-17(19-15)21-13-16-8-4-5-10-20(16)3/h6-7,9,14,16,18H,4-5,8,10-13H2,1-3H3. The van der Waals surface area contributed by atoms with E-state index in [1.807, 2.05) is 18.2 Å². The number of likely N-dealkylation sites (N-methyl/N-ethyl adjacent to an activating group) is 1. The Bertz CT molecular complexity index is 422. The summed E-state index contributed by atoms with van der Waals surface area (Å²) in [7, 11) is 2.19. The molecular weight excluding hydrogens is 262 g/mol. The first-order valence-corrected chi connectivity index (χ1v) is 8.15. The summed E-state index contributed by atoms with van der Waals surface area (Å²) in [6.07, 6.45) is 3.85. The highest BCUT2D eigenvalue weighted by molar-refractivity contribution is 5.15. The summed E-state index contributed by atoms with van der Waals surface area (Å²) in [5.74, 6) is 1.41. The monoisotopic (exact) mass is 291 g/mol.